The fourth-order valence-corrected chi connectivity index (χ4v) is 1.87. The predicted octanol–water partition coefficient (Wildman–Crippen LogP) is 0.794. The number of nitrogens with zero attached hydrogens (tertiary/aromatic N) is 3. The van der Waals surface area contributed by atoms with E-state index < -0.39 is 0 Å². The normalized spacial score (nSPS) is 19.8. The minimum absolute atomic E-state index is 0.295. The minimum Gasteiger partial charge on any atom is -0.407 e. The van der Waals surface area contributed by atoms with Gasteiger partial charge in [0.15, 0.2) is 0 Å². The van der Waals surface area contributed by atoms with Gasteiger partial charge in [0.2, 0.25) is 5.89 Å². The van der Waals surface area contributed by atoms with E-state index in [0.29, 0.717) is 24.6 Å². The Labute approximate surface area is 101 Å². The largest absolute Gasteiger partial charge is 0.407 e. The van der Waals surface area contributed by atoms with E-state index in [-0.39, 0.29) is 0 Å². The third-order valence-corrected chi connectivity index (χ3v) is 2.81. The predicted molar refractivity (Wildman–Crippen MR) is 63.9 cm³/mol. The summed E-state index contributed by atoms with van der Waals surface area (Å²) in [5.74, 6) is 0.626. The zero-order chi connectivity index (χ0) is 12.1. The maximum absolute atomic E-state index is 5.57. The molecule has 0 amide bonds. The summed E-state index contributed by atoms with van der Waals surface area (Å²) in [4.78, 5) is 1.96. The number of rotatable bonds is 6. The maximum Gasteiger partial charge on any atom is 0.318 e. The van der Waals surface area contributed by atoms with Crippen LogP contribution in [0.25, 0.3) is 0 Å². The zero-order valence-corrected chi connectivity index (χ0v) is 10.5. The van der Waals surface area contributed by atoms with Crippen LogP contribution in [0.3, 0.4) is 0 Å². The van der Waals surface area contributed by atoms with E-state index in [0.717, 1.165) is 32.5 Å². The third-order valence-electron chi connectivity index (χ3n) is 2.81. The molecule has 0 spiro atoms. The molecule has 2 heterocycles. The van der Waals surface area contributed by atoms with Crippen molar-refractivity contribution in [3.63, 3.8) is 0 Å². The van der Waals surface area contributed by atoms with Gasteiger partial charge in [-0.2, -0.15) is 0 Å². The quantitative estimate of drug-likeness (QED) is 0.793. The molecule has 0 aliphatic carbocycles. The van der Waals surface area contributed by atoms with Gasteiger partial charge in [-0.1, -0.05) is 12.0 Å². The first-order valence-corrected chi connectivity index (χ1v) is 6.15. The molecule has 1 N–H and O–H groups in total. The van der Waals surface area contributed by atoms with Crippen molar-refractivity contribution in [3.8, 4) is 0 Å². The molecule has 1 unspecified atom stereocenters. The zero-order valence-electron chi connectivity index (χ0n) is 10.5. The molecule has 0 radical (unpaired) electrons. The molecule has 0 aromatic carbocycles. The van der Waals surface area contributed by atoms with E-state index in [2.05, 4.69) is 15.5 Å². The molecule has 6 nitrogen and oxygen atoms in total. The van der Waals surface area contributed by atoms with Crippen LogP contribution in [-0.2, 0) is 11.3 Å². The highest BCUT2D eigenvalue weighted by Crippen LogP contribution is 2.16. The fraction of sp³-hybridized carbons (Fsp3) is 0.818. The summed E-state index contributed by atoms with van der Waals surface area (Å²) in [6.07, 6.45) is 2.56. The van der Waals surface area contributed by atoms with E-state index in [1.54, 1.807) is 0 Å². The van der Waals surface area contributed by atoms with Gasteiger partial charge in [0.25, 0.3) is 0 Å². The molecule has 1 fully saturated rings. The summed E-state index contributed by atoms with van der Waals surface area (Å²) in [6, 6.07) is 0.563. The molecule has 96 valence electrons. The van der Waals surface area contributed by atoms with Crippen molar-refractivity contribution in [2.45, 2.75) is 32.4 Å². The molecule has 17 heavy (non-hydrogen) atoms. The van der Waals surface area contributed by atoms with E-state index in [1.807, 2.05) is 18.9 Å². The molecule has 6 heteroatoms. The van der Waals surface area contributed by atoms with E-state index in [9.17, 15) is 0 Å². The third kappa shape index (κ3) is 3.41. The average Bonchev–Trinajstić information content (AvgIpc) is 2.96. The summed E-state index contributed by atoms with van der Waals surface area (Å²) in [6.45, 7) is 5.23. The molecule has 1 aliphatic heterocycles. The summed E-state index contributed by atoms with van der Waals surface area (Å²) in [5.41, 5.74) is 0. The van der Waals surface area contributed by atoms with Crippen LogP contribution < -0.4 is 10.2 Å². The van der Waals surface area contributed by atoms with Crippen molar-refractivity contribution in [1.29, 1.82) is 0 Å². The molecule has 1 aromatic rings. The Morgan fingerprint density at radius 3 is 3.06 bits per heavy atom. The molecule has 0 saturated carbocycles. The highest BCUT2D eigenvalue weighted by atomic mass is 16.5. The van der Waals surface area contributed by atoms with Gasteiger partial charge in [-0.25, -0.2) is 0 Å². The highest BCUT2D eigenvalue weighted by molar-refractivity contribution is 5.22. The topological polar surface area (TPSA) is 63.4 Å². The van der Waals surface area contributed by atoms with Gasteiger partial charge in [0.05, 0.1) is 12.6 Å². The standard InChI is InChI=1S/C11H20N4O2/c1-3-12-7-10-13-14-11(17-10)15(2)8-9-5-4-6-16-9/h9,12H,3-8H2,1-2H3. The second kappa shape index (κ2) is 5.97. The Hall–Kier alpha value is -1.14. The Kier molecular flexibility index (Phi) is 4.33. The Bertz CT molecular complexity index is 336. The van der Waals surface area contributed by atoms with Crippen molar-refractivity contribution < 1.29 is 9.15 Å². The summed E-state index contributed by atoms with van der Waals surface area (Å²) >= 11 is 0. The number of ether oxygens (including phenoxy) is 1. The van der Waals surface area contributed by atoms with Gasteiger partial charge < -0.3 is 19.4 Å². The number of nitrogens with one attached hydrogen (secondary N) is 1. The average molecular weight is 240 g/mol. The fourth-order valence-electron chi connectivity index (χ4n) is 1.87. The lowest BCUT2D eigenvalue weighted by atomic mass is 10.2. The second-order valence-electron chi connectivity index (χ2n) is 4.27. The van der Waals surface area contributed by atoms with Crippen molar-refractivity contribution in [2.24, 2.45) is 0 Å². The van der Waals surface area contributed by atoms with Crippen molar-refractivity contribution in [1.82, 2.24) is 15.5 Å². The van der Waals surface area contributed by atoms with Gasteiger partial charge in [-0.05, 0) is 19.4 Å². The van der Waals surface area contributed by atoms with Gasteiger partial charge in [0, 0.05) is 20.2 Å². The van der Waals surface area contributed by atoms with E-state index >= 15 is 0 Å². The first kappa shape index (κ1) is 12.3. The van der Waals surface area contributed by atoms with Gasteiger partial charge in [-0.15, -0.1) is 5.10 Å². The van der Waals surface area contributed by atoms with E-state index in [4.69, 9.17) is 9.15 Å². The van der Waals surface area contributed by atoms with E-state index in [1.165, 1.54) is 0 Å². The highest BCUT2D eigenvalue weighted by Gasteiger charge is 2.20. The lowest BCUT2D eigenvalue weighted by molar-refractivity contribution is 0.115. The van der Waals surface area contributed by atoms with Crippen molar-refractivity contribution >= 4 is 6.01 Å². The SMILES string of the molecule is CCNCc1nnc(N(C)CC2CCCO2)o1. The van der Waals surface area contributed by atoms with Gasteiger partial charge >= 0.3 is 6.01 Å². The molecule has 1 atom stereocenters. The number of hydrogen-bond acceptors (Lipinski definition) is 6. The first-order valence-electron chi connectivity index (χ1n) is 6.15. The molecule has 1 saturated heterocycles. The van der Waals surface area contributed by atoms with Crippen LogP contribution in [0.4, 0.5) is 6.01 Å². The van der Waals surface area contributed by atoms with Crippen LogP contribution in [0.1, 0.15) is 25.7 Å². The maximum atomic E-state index is 5.57. The Morgan fingerprint density at radius 1 is 1.47 bits per heavy atom. The molecular formula is C11H20N4O2. The van der Waals surface area contributed by atoms with Crippen LogP contribution in [-0.4, -0.2) is 43.0 Å². The van der Waals surface area contributed by atoms with Crippen LogP contribution in [0.2, 0.25) is 0 Å². The van der Waals surface area contributed by atoms with Gasteiger partial charge in [0.1, 0.15) is 0 Å². The van der Waals surface area contributed by atoms with Crippen LogP contribution >= 0.6 is 0 Å². The number of aromatic nitrogens is 2. The van der Waals surface area contributed by atoms with Gasteiger partial charge in [-0.3, -0.25) is 0 Å². The number of hydrogen-bond donors (Lipinski definition) is 1. The lowest BCUT2D eigenvalue weighted by Gasteiger charge is -2.17. The number of likely N-dealkylation sites (N-methyl/N-ethyl adjacent to an activating group) is 1. The second-order valence-corrected chi connectivity index (χ2v) is 4.27. The first-order chi connectivity index (χ1) is 8.29. The summed E-state index contributed by atoms with van der Waals surface area (Å²) in [7, 11) is 1.95. The minimum atomic E-state index is 0.295. The Balaban J connectivity index is 1.85. The van der Waals surface area contributed by atoms with Crippen LogP contribution in [0, 0.1) is 0 Å². The smallest absolute Gasteiger partial charge is 0.318 e. The number of anilines is 1. The Morgan fingerprint density at radius 2 is 2.35 bits per heavy atom. The van der Waals surface area contributed by atoms with Crippen molar-refractivity contribution in [2.75, 3.05) is 31.6 Å². The summed E-state index contributed by atoms with van der Waals surface area (Å²) in [5, 5.41) is 11.2. The molecular weight excluding hydrogens is 220 g/mol. The molecule has 2 rings (SSSR count). The van der Waals surface area contributed by atoms with Crippen LogP contribution in [0.5, 0.6) is 0 Å². The molecule has 1 aliphatic rings. The molecule has 0 bridgehead atoms. The molecule has 1 aromatic heterocycles. The van der Waals surface area contributed by atoms with Crippen LogP contribution in [0.15, 0.2) is 4.42 Å². The summed E-state index contributed by atoms with van der Waals surface area (Å²) < 4.78 is 11.1. The van der Waals surface area contributed by atoms with Crippen molar-refractivity contribution in [3.05, 3.63) is 5.89 Å². The monoisotopic (exact) mass is 240 g/mol. The lowest BCUT2D eigenvalue weighted by Crippen LogP contribution is -2.28.